The Bertz CT molecular complexity index is 552. The Labute approximate surface area is 137 Å². The van der Waals surface area contributed by atoms with Crippen LogP contribution in [0.1, 0.15) is 44.4 Å². The van der Waals surface area contributed by atoms with Crippen molar-refractivity contribution in [3.8, 4) is 0 Å². The van der Waals surface area contributed by atoms with Crippen molar-refractivity contribution >= 4 is 11.4 Å². The molecule has 2 aromatic carbocycles. The summed E-state index contributed by atoms with van der Waals surface area (Å²) in [5.74, 6) is 0. The molecule has 0 aliphatic carbocycles. The normalized spacial score (nSPS) is 9.96. The lowest BCUT2D eigenvalue weighted by Crippen LogP contribution is -2.04. The molecule has 0 aromatic heterocycles. The van der Waals surface area contributed by atoms with Crippen LogP contribution in [0.5, 0.6) is 0 Å². The molecule has 0 fully saturated rings. The van der Waals surface area contributed by atoms with Gasteiger partial charge in [-0.2, -0.15) is 13.2 Å². The average Bonchev–Trinajstić information content (AvgIpc) is 2.50. The molecule has 0 atom stereocenters. The molecule has 23 heavy (non-hydrogen) atoms. The topological polar surface area (TPSA) is 12.0 Å². The fraction of sp³-hybridized carbons (Fsp3) is 0.368. The zero-order chi connectivity index (χ0) is 18.0. The van der Waals surface area contributed by atoms with E-state index in [-0.39, 0.29) is 0 Å². The minimum absolute atomic E-state index is 0.637. The Morgan fingerprint density at radius 2 is 1.13 bits per heavy atom. The van der Waals surface area contributed by atoms with Crippen LogP contribution in [0, 0.1) is 13.8 Å². The largest absolute Gasteiger partial charge is 0.416 e. The highest BCUT2D eigenvalue weighted by Crippen LogP contribution is 2.30. The highest BCUT2D eigenvalue weighted by Gasteiger charge is 2.29. The molecule has 0 saturated heterocycles. The highest BCUT2D eigenvalue weighted by atomic mass is 19.4. The maximum Gasteiger partial charge on any atom is 0.416 e. The molecule has 0 spiro atoms. The molecule has 0 amide bonds. The van der Waals surface area contributed by atoms with E-state index in [4.69, 9.17) is 0 Å². The van der Waals surface area contributed by atoms with Crippen LogP contribution < -0.4 is 5.32 Å². The number of rotatable bonds is 2. The molecule has 0 radical (unpaired) electrons. The van der Waals surface area contributed by atoms with Crippen LogP contribution in [0.3, 0.4) is 0 Å². The van der Waals surface area contributed by atoms with Gasteiger partial charge < -0.3 is 5.32 Å². The first-order valence-corrected chi connectivity index (χ1v) is 7.87. The van der Waals surface area contributed by atoms with Crippen molar-refractivity contribution in [3.05, 3.63) is 59.2 Å². The average molecular weight is 325 g/mol. The Morgan fingerprint density at radius 3 is 1.52 bits per heavy atom. The van der Waals surface area contributed by atoms with Gasteiger partial charge in [-0.3, -0.25) is 0 Å². The first kappa shape index (κ1) is 21.0. The van der Waals surface area contributed by atoms with Gasteiger partial charge in [0.15, 0.2) is 0 Å². The van der Waals surface area contributed by atoms with Crippen LogP contribution in [0.4, 0.5) is 24.5 Å². The molecule has 2 aromatic rings. The number of halogens is 3. The lowest BCUT2D eigenvalue weighted by molar-refractivity contribution is -0.137. The van der Waals surface area contributed by atoms with Crippen molar-refractivity contribution in [2.45, 2.75) is 47.7 Å². The fourth-order valence-electron chi connectivity index (χ4n) is 1.96. The SMILES string of the molecule is CC.CC.Cc1cc(C)cc(Nc2ccc(C(F)(F)F)cc2)c1. The Morgan fingerprint density at radius 1 is 0.696 bits per heavy atom. The quantitative estimate of drug-likeness (QED) is 0.620. The van der Waals surface area contributed by atoms with Gasteiger partial charge in [0.25, 0.3) is 0 Å². The molecule has 0 saturated carbocycles. The number of hydrogen-bond donors (Lipinski definition) is 1. The minimum Gasteiger partial charge on any atom is -0.356 e. The van der Waals surface area contributed by atoms with E-state index in [1.807, 2.05) is 59.7 Å². The van der Waals surface area contributed by atoms with Crippen molar-refractivity contribution < 1.29 is 13.2 Å². The molecule has 0 aliphatic heterocycles. The first-order chi connectivity index (χ1) is 10.8. The number of nitrogens with one attached hydrogen (secondary N) is 1. The molecule has 4 heteroatoms. The number of anilines is 2. The molecule has 1 N–H and O–H groups in total. The van der Waals surface area contributed by atoms with Gasteiger partial charge in [-0.15, -0.1) is 0 Å². The summed E-state index contributed by atoms with van der Waals surface area (Å²) in [6, 6.07) is 10.9. The highest BCUT2D eigenvalue weighted by molar-refractivity contribution is 5.61. The smallest absolute Gasteiger partial charge is 0.356 e. The summed E-state index contributed by atoms with van der Waals surface area (Å²) in [6.45, 7) is 12.0. The lowest BCUT2D eigenvalue weighted by atomic mass is 10.1. The van der Waals surface area contributed by atoms with Crippen molar-refractivity contribution in [3.63, 3.8) is 0 Å². The molecular formula is C19H26F3N. The van der Waals surface area contributed by atoms with Gasteiger partial charge in [-0.1, -0.05) is 33.8 Å². The third-order valence-electron chi connectivity index (χ3n) is 2.72. The number of aryl methyl sites for hydroxylation is 2. The maximum absolute atomic E-state index is 12.4. The van der Waals surface area contributed by atoms with E-state index in [0.29, 0.717) is 5.69 Å². The molecule has 0 bridgehead atoms. The van der Waals surface area contributed by atoms with Crippen LogP contribution in [-0.2, 0) is 6.18 Å². The third-order valence-corrected chi connectivity index (χ3v) is 2.72. The van der Waals surface area contributed by atoms with Crippen molar-refractivity contribution in [1.82, 2.24) is 0 Å². The molecule has 0 aliphatic rings. The van der Waals surface area contributed by atoms with Gasteiger partial charge in [0, 0.05) is 11.4 Å². The predicted octanol–water partition coefficient (Wildman–Crippen LogP) is 7.12. The maximum atomic E-state index is 12.4. The van der Waals surface area contributed by atoms with Gasteiger partial charge in [0.05, 0.1) is 5.56 Å². The van der Waals surface area contributed by atoms with Gasteiger partial charge in [0.2, 0.25) is 0 Å². The van der Waals surface area contributed by atoms with Gasteiger partial charge >= 0.3 is 6.18 Å². The van der Waals surface area contributed by atoms with Crippen LogP contribution in [-0.4, -0.2) is 0 Å². The van der Waals surface area contributed by atoms with Gasteiger partial charge in [0.1, 0.15) is 0 Å². The molecule has 0 unspecified atom stereocenters. The fourth-order valence-corrected chi connectivity index (χ4v) is 1.96. The summed E-state index contributed by atoms with van der Waals surface area (Å²) in [5, 5.41) is 3.10. The van der Waals surface area contributed by atoms with E-state index < -0.39 is 11.7 Å². The van der Waals surface area contributed by atoms with Crippen LogP contribution >= 0.6 is 0 Å². The second-order valence-electron chi connectivity index (χ2n) is 4.58. The molecule has 0 heterocycles. The van der Waals surface area contributed by atoms with Crippen molar-refractivity contribution in [2.75, 3.05) is 5.32 Å². The summed E-state index contributed by atoms with van der Waals surface area (Å²) in [5.41, 5.74) is 3.08. The predicted molar refractivity (Wildman–Crippen MR) is 93.3 cm³/mol. The Hall–Kier alpha value is -1.97. The monoisotopic (exact) mass is 325 g/mol. The molecular weight excluding hydrogens is 299 g/mol. The zero-order valence-electron chi connectivity index (χ0n) is 14.7. The van der Waals surface area contributed by atoms with E-state index in [9.17, 15) is 13.2 Å². The van der Waals surface area contributed by atoms with E-state index in [1.54, 1.807) is 0 Å². The second kappa shape index (κ2) is 9.93. The minimum atomic E-state index is -4.29. The van der Waals surface area contributed by atoms with Gasteiger partial charge in [-0.05, 0) is 61.4 Å². The zero-order valence-corrected chi connectivity index (χ0v) is 14.7. The van der Waals surface area contributed by atoms with Crippen LogP contribution in [0.25, 0.3) is 0 Å². The summed E-state index contributed by atoms with van der Waals surface area (Å²) in [6.07, 6.45) is -4.29. The molecule has 2 rings (SSSR count). The lowest BCUT2D eigenvalue weighted by Gasteiger charge is -2.10. The third kappa shape index (κ3) is 7.22. The molecule has 128 valence electrons. The molecule has 1 nitrogen and oxygen atoms in total. The van der Waals surface area contributed by atoms with Crippen molar-refractivity contribution in [2.24, 2.45) is 0 Å². The Kier molecular flexibility index (Phi) is 9.08. The van der Waals surface area contributed by atoms with Crippen molar-refractivity contribution in [1.29, 1.82) is 0 Å². The summed E-state index contributed by atoms with van der Waals surface area (Å²) < 4.78 is 37.3. The summed E-state index contributed by atoms with van der Waals surface area (Å²) in [7, 11) is 0. The first-order valence-electron chi connectivity index (χ1n) is 7.87. The summed E-state index contributed by atoms with van der Waals surface area (Å²) in [4.78, 5) is 0. The van der Waals surface area contributed by atoms with Gasteiger partial charge in [-0.25, -0.2) is 0 Å². The number of hydrogen-bond acceptors (Lipinski definition) is 1. The number of benzene rings is 2. The van der Waals surface area contributed by atoms with E-state index in [0.717, 1.165) is 28.9 Å². The second-order valence-corrected chi connectivity index (χ2v) is 4.58. The van der Waals surface area contributed by atoms with E-state index in [2.05, 4.69) is 5.32 Å². The van der Waals surface area contributed by atoms with Crippen LogP contribution in [0.2, 0.25) is 0 Å². The summed E-state index contributed by atoms with van der Waals surface area (Å²) >= 11 is 0. The van der Waals surface area contributed by atoms with E-state index >= 15 is 0 Å². The Balaban J connectivity index is 0.00000112. The van der Waals surface area contributed by atoms with E-state index in [1.165, 1.54) is 12.1 Å². The standard InChI is InChI=1S/C15H14F3N.2C2H6/c1-10-7-11(2)9-14(8-10)19-13-5-3-12(4-6-13)15(16,17)18;2*1-2/h3-9,19H,1-2H3;2*1-2H3. The van der Waals surface area contributed by atoms with Crippen LogP contribution in [0.15, 0.2) is 42.5 Å². The number of alkyl halides is 3.